The summed E-state index contributed by atoms with van der Waals surface area (Å²) in [6.45, 7) is 2.51. The summed E-state index contributed by atoms with van der Waals surface area (Å²) in [5, 5.41) is 3.78. The number of nitrogens with zero attached hydrogens (tertiary/aromatic N) is 4. The molecule has 2 N–H and O–H groups in total. The molecule has 0 saturated heterocycles. The van der Waals surface area contributed by atoms with Crippen LogP contribution in [-0.4, -0.2) is 48.0 Å². The number of sulfonamides is 1. The molecule has 5 rings (SSSR count). The third-order valence-corrected chi connectivity index (χ3v) is 7.50. The molecule has 2 aromatic heterocycles. The minimum absolute atomic E-state index is 0.0428. The number of aromatic amines is 1. The zero-order valence-electron chi connectivity index (χ0n) is 18.9. The molecule has 0 unspecified atom stereocenters. The predicted octanol–water partition coefficient (Wildman–Crippen LogP) is 2.72. The van der Waals surface area contributed by atoms with Gasteiger partial charge < -0.3 is 4.74 Å². The van der Waals surface area contributed by atoms with E-state index in [9.17, 15) is 17.2 Å². The van der Waals surface area contributed by atoms with Gasteiger partial charge in [0.1, 0.15) is 10.1 Å². The number of ether oxygens (including phenoxy) is 1. The van der Waals surface area contributed by atoms with Crippen molar-refractivity contribution in [3.05, 3.63) is 53.3 Å². The number of alkyl halides is 2. The normalized spacial score (nSPS) is 17.3. The Labute approximate surface area is 200 Å². The lowest BCUT2D eigenvalue weighted by atomic mass is 9.98. The average molecular weight is 508 g/mol. The van der Waals surface area contributed by atoms with Gasteiger partial charge in [-0.1, -0.05) is 6.07 Å². The van der Waals surface area contributed by atoms with E-state index >= 15 is 0 Å². The molecule has 1 aliphatic heterocycles. The van der Waals surface area contributed by atoms with Gasteiger partial charge >= 0.3 is 16.0 Å². The lowest BCUT2D eigenvalue weighted by Gasteiger charge is -2.33. The maximum absolute atomic E-state index is 12.9. The molecule has 35 heavy (non-hydrogen) atoms. The molecule has 0 bridgehead atoms. The first-order valence-corrected chi connectivity index (χ1v) is 12.8. The van der Waals surface area contributed by atoms with Crippen molar-refractivity contribution in [1.82, 2.24) is 20.0 Å². The molecule has 1 fully saturated rings. The third kappa shape index (κ3) is 5.40. The number of H-pyrrole nitrogens is 1. The van der Waals surface area contributed by atoms with Crippen LogP contribution in [0.15, 0.2) is 40.0 Å². The molecule has 1 aliphatic carbocycles. The van der Waals surface area contributed by atoms with Gasteiger partial charge in [0.25, 0.3) is 12.3 Å². The number of hydrogen-bond donors (Lipinski definition) is 1. The predicted molar refractivity (Wildman–Crippen MR) is 118 cm³/mol. The topological polar surface area (TPSA) is 125 Å². The Morgan fingerprint density at radius 1 is 1.26 bits per heavy atom. The van der Waals surface area contributed by atoms with E-state index in [2.05, 4.69) is 29.7 Å². The fraction of sp³-hybridized carbons (Fsp3) is 0.455. The Hall–Kier alpha value is -3.19. The van der Waals surface area contributed by atoms with Crippen LogP contribution < -0.4 is 14.4 Å². The van der Waals surface area contributed by atoms with Gasteiger partial charge in [0.05, 0.1) is 30.0 Å². The molecule has 10 nitrogen and oxygen atoms in total. The highest BCUT2D eigenvalue weighted by Gasteiger charge is 2.34. The Morgan fingerprint density at radius 2 is 2.09 bits per heavy atom. The van der Waals surface area contributed by atoms with Gasteiger partial charge in [0.15, 0.2) is 6.61 Å². The molecule has 1 aromatic carbocycles. The van der Waals surface area contributed by atoms with E-state index in [1.54, 1.807) is 12.1 Å². The molecule has 0 spiro atoms. The summed E-state index contributed by atoms with van der Waals surface area (Å²) in [4.78, 5) is 13.6. The number of halogens is 2. The van der Waals surface area contributed by atoms with Crippen molar-refractivity contribution in [2.45, 2.75) is 56.0 Å². The lowest BCUT2D eigenvalue weighted by molar-refractivity contribution is -0.382. The van der Waals surface area contributed by atoms with Crippen LogP contribution in [0.3, 0.4) is 0 Å². The first-order valence-electron chi connectivity index (χ1n) is 11.3. The van der Waals surface area contributed by atoms with Crippen LogP contribution in [0.2, 0.25) is 0 Å². The zero-order chi connectivity index (χ0) is 24.6. The second-order valence-electron chi connectivity index (χ2n) is 8.71. The van der Waals surface area contributed by atoms with Crippen LogP contribution in [0, 0.1) is 0 Å². The van der Waals surface area contributed by atoms with Gasteiger partial charge in [-0.05, 0) is 49.4 Å². The van der Waals surface area contributed by atoms with E-state index < -0.39 is 23.1 Å². The standard InChI is InChI=1S/C22H24F2N6O4S/c1-13(18-9-26-20(10-25-18)33-12-19(23)24)30-7-6-14-4-5-17(8-16(14)11-30)35(31,32)29-22-27-21(34-28-22)15-2-3-15/h4-5,8-10,13,15,19H,2-3,6-7,11-12H2,1H3,(H,28,29)/p+1/t13-/m1/s1. The van der Waals surface area contributed by atoms with Crippen LogP contribution in [0.1, 0.15) is 54.4 Å². The fourth-order valence-corrected chi connectivity index (χ4v) is 5.02. The molecule has 3 heterocycles. The highest BCUT2D eigenvalue weighted by atomic mass is 32.2. The van der Waals surface area contributed by atoms with Crippen molar-refractivity contribution in [3.8, 4) is 5.88 Å². The van der Waals surface area contributed by atoms with Gasteiger partial charge in [0.2, 0.25) is 5.88 Å². The number of benzene rings is 1. The second kappa shape index (κ2) is 9.46. The van der Waals surface area contributed by atoms with Crippen LogP contribution in [0.5, 0.6) is 5.88 Å². The summed E-state index contributed by atoms with van der Waals surface area (Å²) in [5.41, 5.74) is 2.65. The number of nitrogens with one attached hydrogen (secondary N) is 2. The number of hydrogen-bond acceptors (Lipinski definition) is 8. The van der Waals surface area contributed by atoms with Crippen molar-refractivity contribution < 1.29 is 31.4 Å². The monoisotopic (exact) mass is 507 g/mol. The average Bonchev–Trinajstić information content (AvgIpc) is 3.60. The molecule has 2 aliphatic rings. The minimum Gasteiger partial charge on any atom is -0.470 e. The third-order valence-electron chi connectivity index (χ3n) is 6.17. The fourth-order valence-electron chi connectivity index (χ4n) is 4.01. The lowest BCUT2D eigenvalue weighted by Crippen LogP contribution is -2.33. The minimum atomic E-state index is -3.86. The molecule has 13 heteroatoms. The van der Waals surface area contributed by atoms with Crippen LogP contribution in [-0.2, 0) is 23.0 Å². The SMILES string of the molecule is C[C@H](c1cnc(OCC(F)F)cn1)N1CCc2ccc(S(=O)(=O)Nc3noc(C4CC4)[nH+]3)cc2C1. The molecule has 0 radical (unpaired) electrons. The van der Waals surface area contributed by atoms with E-state index in [0.717, 1.165) is 36.9 Å². The van der Waals surface area contributed by atoms with Gasteiger partial charge in [0, 0.05) is 13.1 Å². The van der Waals surface area contributed by atoms with E-state index in [0.29, 0.717) is 18.1 Å². The van der Waals surface area contributed by atoms with Crippen molar-refractivity contribution in [2.75, 3.05) is 17.9 Å². The maximum atomic E-state index is 12.9. The summed E-state index contributed by atoms with van der Waals surface area (Å²) in [6.07, 6.45) is 3.01. The Bertz CT molecular complexity index is 1300. The molecule has 186 valence electrons. The van der Waals surface area contributed by atoms with Crippen molar-refractivity contribution in [1.29, 1.82) is 0 Å². The van der Waals surface area contributed by atoms with E-state index in [1.807, 2.05) is 13.0 Å². The van der Waals surface area contributed by atoms with Crippen molar-refractivity contribution in [3.63, 3.8) is 0 Å². The molecule has 1 atom stereocenters. The molecule has 0 amide bonds. The van der Waals surface area contributed by atoms with Gasteiger partial charge in [-0.2, -0.15) is 13.1 Å². The number of fused-ring (bicyclic) bond motifs is 1. The van der Waals surface area contributed by atoms with Crippen LogP contribution >= 0.6 is 0 Å². The second-order valence-corrected chi connectivity index (χ2v) is 10.4. The number of rotatable bonds is 9. The maximum Gasteiger partial charge on any atom is 0.446 e. The van der Waals surface area contributed by atoms with E-state index in [1.165, 1.54) is 12.4 Å². The Morgan fingerprint density at radius 3 is 2.80 bits per heavy atom. The summed E-state index contributed by atoms with van der Waals surface area (Å²) in [7, 11) is -3.86. The molecular formula is C22H25F2N6O4S+. The first-order chi connectivity index (χ1) is 16.8. The largest absolute Gasteiger partial charge is 0.470 e. The highest BCUT2D eigenvalue weighted by molar-refractivity contribution is 7.92. The summed E-state index contributed by atoms with van der Waals surface area (Å²) < 4.78 is 63.0. The van der Waals surface area contributed by atoms with Gasteiger partial charge in [-0.3, -0.25) is 14.4 Å². The Balaban J connectivity index is 1.27. The van der Waals surface area contributed by atoms with Crippen molar-refractivity contribution in [2.24, 2.45) is 0 Å². The smallest absolute Gasteiger partial charge is 0.446 e. The highest BCUT2D eigenvalue weighted by Crippen LogP contribution is 2.38. The summed E-state index contributed by atoms with van der Waals surface area (Å²) >= 11 is 0. The quantitative estimate of drug-likeness (QED) is 0.469. The van der Waals surface area contributed by atoms with Crippen LogP contribution in [0.4, 0.5) is 14.7 Å². The molecular weight excluding hydrogens is 482 g/mol. The molecule has 3 aromatic rings. The Kier molecular flexibility index (Phi) is 6.36. The van der Waals surface area contributed by atoms with Gasteiger partial charge in [-0.25, -0.2) is 18.7 Å². The first kappa shape index (κ1) is 23.5. The summed E-state index contributed by atoms with van der Waals surface area (Å²) in [6, 6.07) is 4.98. The number of aromatic nitrogens is 4. The van der Waals surface area contributed by atoms with Gasteiger partial charge in [-0.15, -0.1) is 0 Å². The zero-order valence-corrected chi connectivity index (χ0v) is 19.8. The molecule has 1 saturated carbocycles. The number of anilines is 1. The van der Waals surface area contributed by atoms with Crippen molar-refractivity contribution >= 4 is 16.0 Å². The summed E-state index contributed by atoms with van der Waals surface area (Å²) in [5.74, 6) is 0.957. The van der Waals surface area contributed by atoms with E-state index in [4.69, 9.17) is 9.26 Å². The van der Waals surface area contributed by atoms with E-state index in [-0.39, 0.29) is 28.7 Å². The van der Waals surface area contributed by atoms with Crippen LogP contribution in [0.25, 0.3) is 0 Å².